The second-order valence-electron chi connectivity index (χ2n) is 5.77. The lowest BCUT2D eigenvalue weighted by Gasteiger charge is -2.14. The number of amides is 1. The lowest BCUT2D eigenvalue weighted by molar-refractivity contribution is -0.149. The maximum absolute atomic E-state index is 13.5. The van der Waals surface area contributed by atoms with Gasteiger partial charge in [0.2, 0.25) is 10.0 Å². The molecule has 0 spiro atoms. The number of rotatable bonds is 8. The first-order chi connectivity index (χ1) is 13.2. The summed E-state index contributed by atoms with van der Waals surface area (Å²) in [4.78, 5) is 23.4. The van der Waals surface area contributed by atoms with Gasteiger partial charge in [-0.05, 0) is 37.3 Å². The van der Waals surface area contributed by atoms with E-state index in [4.69, 9.17) is 4.74 Å². The van der Waals surface area contributed by atoms with E-state index in [0.29, 0.717) is 0 Å². The highest BCUT2D eigenvalue weighted by atomic mass is 32.2. The highest BCUT2D eigenvalue weighted by molar-refractivity contribution is 7.89. The predicted molar refractivity (Wildman–Crippen MR) is 95.4 cm³/mol. The highest BCUT2D eigenvalue weighted by Crippen LogP contribution is 2.10. The molecule has 1 atom stereocenters. The molecule has 0 aliphatic rings. The van der Waals surface area contributed by atoms with Crippen LogP contribution < -0.4 is 10.0 Å². The van der Waals surface area contributed by atoms with Gasteiger partial charge in [-0.3, -0.25) is 9.59 Å². The van der Waals surface area contributed by atoms with Crippen molar-refractivity contribution >= 4 is 21.9 Å². The number of sulfonamides is 1. The Bertz CT molecular complexity index is 949. The molecule has 0 bridgehead atoms. The van der Waals surface area contributed by atoms with Crippen LogP contribution >= 0.6 is 0 Å². The minimum Gasteiger partial charge on any atom is -0.454 e. The second kappa shape index (κ2) is 9.38. The summed E-state index contributed by atoms with van der Waals surface area (Å²) < 4.78 is 57.4. The molecule has 7 nitrogen and oxygen atoms in total. The number of carbonyl (C=O) groups excluding carboxylic acids is 2. The summed E-state index contributed by atoms with van der Waals surface area (Å²) in [5, 5.41) is 2.38. The third-order valence-corrected chi connectivity index (χ3v) is 5.15. The Morgan fingerprint density at radius 1 is 1.07 bits per heavy atom. The van der Waals surface area contributed by atoms with Crippen LogP contribution in [-0.4, -0.2) is 32.9 Å². The van der Waals surface area contributed by atoms with Crippen LogP contribution in [0.1, 0.15) is 12.5 Å². The van der Waals surface area contributed by atoms with Crippen molar-refractivity contribution in [2.24, 2.45) is 0 Å². The molecule has 1 amide bonds. The molecule has 0 aromatic heterocycles. The van der Waals surface area contributed by atoms with Gasteiger partial charge in [0.25, 0.3) is 5.91 Å². The average Bonchev–Trinajstić information content (AvgIpc) is 2.65. The topological polar surface area (TPSA) is 102 Å². The van der Waals surface area contributed by atoms with Gasteiger partial charge < -0.3 is 10.1 Å². The summed E-state index contributed by atoms with van der Waals surface area (Å²) in [6.45, 7) is 0.492. The third kappa shape index (κ3) is 6.10. The molecule has 28 heavy (non-hydrogen) atoms. The quantitative estimate of drug-likeness (QED) is 0.640. The van der Waals surface area contributed by atoms with Gasteiger partial charge in [0, 0.05) is 12.1 Å². The predicted octanol–water partition coefficient (Wildman–Crippen LogP) is 1.49. The first-order valence-corrected chi connectivity index (χ1v) is 9.62. The normalized spacial score (nSPS) is 12.2. The van der Waals surface area contributed by atoms with Gasteiger partial charge in [0.05, 0.1) is 4.90 Å². The Morgan fingerprint density at radius 3 is 2.36 bits per heavy atom. The van der Waals surface area contributed by atoms with Crippen molar-refractivity contribution in [3.63, 3.8) is 0 Å². The van der Waals surface area contributed by atoms with Crippen LogP contribution in [-0.2, 0) is 30.9 Å². The van der Waals surface area contributed by atoms with Crippen molar-refractivity contribution < 1.29 is 31.5 Å². The molecule has 0 saturated carbocycles. The van der Waals surface area contributed by atoms with Crippen LogP contribution in [0.25, 0.3) is 0 Å². The fourth-order valence-corrected chi connectivity index (χ4v) is 3.30. The summed E-state index contributed by atoms with van der Waals surface area (Å²) in [5.41, 5.74) is 0.266. The Labute approximate surface area is 160 Å². The summed E-state index contributed by atoms with van der Waals surface area (Å²) in [6.07, 6.45) is 0. The first kappa shape index (κ1) is 21.5. The lowest BCUT2D eigenvalue weighted by atomic mass is 10.2. The maximum atomic E-state index is 13.5. The van der Waals surface area contributed by atoms with Crippen LogP contribution in [0.5, 0.6) is 0 Å². The number of hydrogen-bond donors (Lipinski definition) is 2. The van der Waals surface area contributed by atoms with Crippen LogP contribution in [0.3, 0.4) is 0 Å². The Kier molecular flexibility index (Phi) is 7.18. The summed E-state index contributed by atoms with van der Waals surface area (Å²) in [6, 6.07) is 8.61. The van der Waals surface area contributed by atoms with E-state index in [1.165, 1.54) is 25.1 Å². The van der Waals surface area contributed by atoms with Crippen molar-refractivity contribution in [2.45, 2.75) is 24.4 Å². The van der Waals surface area contributed by atoms with Crippen LogP contribution in [0, 0.1) is 11.6 Å². The van der Waals surface area contributed by atoms with Gasteiger partial charge in [-0.2, -0.15) is 4.72 Å². The van der Waals surface area contributed by atoms with Gasteiger partial charge in [0.1, 0.15) is 17.7 Å². The number of benzene rings is 2. The van der Waals surface area contributed by atoms with Crippen molar-refractivity contribution in [1.29, 1.82) is 0 Å². The van der Waals surface area contributed by atoms with Crippen molar-refractivity contribution in [3.05, 3.63) is 65.7 Å². The number of hydrogen-bond acceptors (Lipinski definition) is 5. The minimum absolute atomic E-state index is 0.0875. The lowest BCUT2D eigenvalue weighted by Crippen LogP contribution is -2.40. The van der Waals surface area contributed by atoms with E-state index in [-0.39, 0.29) is 17.0 Å². The monoisotopic (exact) mass is 412 g/mol. The molecule has 0 aliphatic carbocycles. The molecule has 0 fully saturated rings. The van der Waals surface area contributed by atoms with Gasteiger partial charge in [-0.1, -0.05) is 18.2 Å². The Morgan fingerprint density at radius 2 is 1.71 bits per heavy atom. The molecule has 0 saturated heterocycles. The average molecular weight is 412 g/mol. The summed E-state index contributed by atoms with van der Waals surface area (Å²) in [5.74, 6) is -2.74. The molecule has 10 heteroatoms. The van der Waals surface area contributed by atoms with E-state index < -0.39 is 46.2 Å². The maximum Gasteiger partial charge on any atom is 0.324 e. The van der Waals surface area contributed by atoms with Gasteiger partial charge in [0.15, 0.2) is 6.61 Å². The molecule has 0 aliphatic heterocycles. The fraction of sp³-hybridized carbons (Fsp3) is 0.222. The van der Waals surface area contributed by atoms with E-state index >= 15 is 0 Å². The summed E-state index contributed by atoms with van der Waals surface area (Å²) >= 11 is 0. The zero-order chi connectivity index (χ0) is 20.7. The molecule has 2 aromatic carbocycles. The Balaban J connectivity index is 1.82. The summed E-state index contributed by atoms with van der Waals surface area (Å²) in [7, 11) is -4.07. The molecule has 150 valence electrons. The second-order valence-corrected chi connectivity index (χ2v) is 7.49. The highest BCUT2D eigenvalue weighted by Gasteiger charge is 2.23. The smallest absolute Gasteiger partial charge is 0.324 e. The molecule has 0 unspecified atom stereocenters. The largest absolute Gasteiger partial charge is 0.454 e. The molecular weight excluding hydrogens is 394 g/mol. The van der Waals surface area contributed by atoms with E-state index in [0.717, 1.165) is 24.3 Å². The van der Waals surface area contributed by atoms with Gasteiger partial charge in [-0.25, -0.2) is 17.2 Å². The van der Waals surface area contributed by atoms with Gasteiger partial charge >= 0.3 is 5.97 Å². The number of esters is 1. The molecule has 0 radical (unpaired) electrons. The standard InChI is InChI=1S/C18H18F2N2O5S/c1-12(22-28(25,26)15-8-6-14(19)7-9-15)18(24)27-11-17(23)21-10-13-4-2-3-5-16(13)20/h2-9,12,22H,10-11H2,1H3,(H,21,23)/t12-/m0/s1. The van der Waals surface area contributed by atoms with E-state index in [9.17, 15) is 26.8 Å². The van der Waals surface area contributed by atoms with E-state index in [1.807, 2.05) is 0 Å². The van der Waals surface area contributed by atoms with Crippen molar-refractivity contribution in [3.8, 4) is 0 Å². The zero-order valence-electron chi connectivity index (χ0n) is 14.8. The first-order valence-electron chi connectivity index (χ1n) is 8.13. The van der Waals surface area contributed by atoms with Crippen molar-refractivity contribution in [1.82, 2.24) is 10.0 Å². The van der Waals surface area contributed by atoms with Crippen molar-refractivity contribution in [2.75, 3.05) is 6.61 Å². The molecule has 2 N–H and O–H groups in total. The molecule has 2 rings (SSSR count). The van der Waals surface area contributed by atoms with Crippen LogP contribution in [0.15, 0.2) is 53.4 Å². The molecule has 0 heterocycles. The third-order valence-electron chi connectivity index (χ3n) is 3.59. The number of carbonyl (C=O) groups is 2. The fourth-order valence-electron chi connectivity index (χ4n) is 2.11. The zero-order valence-corrected chi connectivity index (χ0v) is 15.6. The number of nitrogens with one attached hydrogen (secondary N) is 2. The Hall–Kier alpha value is -2.85. The minimum atomic E-state index is -4.07. The van der Waals surface area contributed by atoms with Gasteiger partial charge in [-0.15, -0.1) is 0 Å². The SMILES string of the molecule is C[C@H](NS(=O)(=O)c1ccc(F)cc1)C(=O)OCC(=O)NCc1ccccc1F. The van der Waals surface area contributed by atoms with E-state index in [1.54, 1.807) is 6.07 Å². The number of halogens is 2. The van der Waals surface area contributed by atoms with Crippen LogP contribution in [0.4, 0.5) is 8.78 Å². The molecule has 2 aromatic rings. The number of ether oxygens (including phenoxy) is 1. The molecular formula is C18H18F2N2O5S. The van der Waals surface area contributed by atoms with Crippen LogP contribution in [0.2, 0.25) is 0 Å². The van der Waals surface area contributed by atoms with E-state index in [2.05, 4.69) is 10.0 Å².